The second kappa shape index (κ2) is 6.73. The summed E-state index contributed by atoms with van der Waals surface area (Å²) in [6.07, 6.45) is 5.99. The highest BCUT2D eigenvalue weighted by Crippen LogP contribution is 2.34. The summed E-state index contributed by atoms with van der Waals surface area (Å²) < 4.78 is 0. The lowest BCUT2D eigenvalue weighted by Gasteiger charge is -2.32. The molecule has 0 amide bonds. The summed E-state index contributed by atoms with van der Waals surface area (Å²) in [7, 11) is 0. The van der Waals surface area contributed by atoms with Gasteiger partial charge in [-0.05, 0) is 60.7 Å². The van der Waals surface area contributed by atoms with Gasteiger partial charge in [-0.3, -0.25) is 9.59 Å². The van der Waals surface area contributed by atoms with Gasteiger partial charge in [0.1, 0.15) is 0 Å². The maximum Gasteiger partial charge on any atom is 0.196 e. The van der Waals surface area contributed by atoms with Gasteiger partial charge in [0, 0.05) is 32.7 Å². The number of hydrogen-bond acceptors (Lipinski definition) is 3. The van der Waals surface area contributed by atoms with Crippen molar-refractivity contribution < 1.29 is 4.79 Å². The van der Waals surface area contributed by atoms with Crippen molar-refractivity contribution in [3.05, 3.63) is 74.4 Å². The molecule has 1 aliphatic carbocycles. The molecule has 4 nitrogen and oxygen atoms in total. The van der Waals surface area contributed by atoms with Crippen LogP contribution >= 0.6 is 0 Å². The summed E-state index contributed by atoms with van der Waals surface area (Å²) in [6.45, 7) is 4.39. The van der Waals surface area contributed by atoms with Crippen LogP contribution in [0.4, 0.5) is 5.69 Å². The van der Waals surface area contributed by atoms with E-state index in [1.165, 1.54) is 5.56 Å². The monoisotopic (exact) mass is 384 g/mol. The maximum absolute atomic E-state index is 13.2. The van der Waals surface area contributed by atoms with Gasteiger partial charge in [-0.25, -0.2) is 0 Å². The van der Waals surface area contributed by atoms with Crippen LogP contribution in [0.25, 0.3) is 23.1 Å². The molecule has 2 aromatic carbocycles. The number of ketones is 1. The largest absolute Gasteiger partial charge is 0.377 e. The van der Waals surface area contributed by atoms with Gasteiger partial charge in [0.25, 0.3) is 0 Å². The molecule has 0 fully saturated rings. The number of anilines is 1. The molecule has 0 saturated heterocycles. The second-order valence-electron chi connectivity index (χ2n) is 8.04. The van der Waals surface area contributed by atoms with Gasteiger partial charge in [0.15, 0.2) is 11.2 Å². The first-order chi connectivity index (χ1) is 14.1. The second-order valence-corrected chi connectivity index (χ2v) is 8.04. The summed E-state index contributed by atoms with van der Waals surface area (Å²) in [5.74, 6) is 0.285. The molecule has 146 valence electrons. The van der Waals surface area contributed by atoms with E-state index >= 15 is 0 Å². The zero-order valence-electron chi connectivity index (χ0n) is 16.7. The minimum atomic E-state index is -0.314. The normalized spacial score (nSPS) is 19.6. The van der Waals surface area contributed by atoms with Crippen LogP contribution in [0, 0.1) is 5.92 Å². The third-order valence-electron chi connectivity index (χ3n) is 6.45. The van der Waals surface area contributed by atoms with Crippen LogP contribution in [0.15, 0.2) is 47.3 Å². The third kappa shape index (κ3) is 2.74. The quantitative estimate of drug-likeness (QED) is 0.728. The van der Waals surface area contributed by atoms with Crippen molar-refractivity contribution >= 4 is 34.5 Å². The molecular formula is C25H24N2O2. The van der Waals surface area contributed by atoms with E-state index in [-0.39, 0.29) is 23.2 Å². The minimum Gasteiger partial charge on any atom is -0.377 e. The van der Waals surface area contributed by atoms with Gasteiger partial charge in [-0.2, -0.15) is 0 Å². The fourth-order valence-electron chi connectivity index (χ4n) is 4.77. The Hall–Kier alpha value is -3.14. The highest BCUT2D eigenvalue weighted by Gasteiger charge is 2.34. The Kier molecular flexibility index (Phi) is 4.16. The molecule has 0 spiro atoms. The van der Waals surface area contributed by atoms with Crippen LogP contribution in [-0.2, 0) is 0 Å². The van der Waals surface area contributed by atoms with Gasteiger partial charge in [-0.15, -0.1) is 0 Å². The first-order valence-electron chi connectivity index (χ1n) is 10.4. The van der Waals surface area contributed by atoms with Crippen LogP contribution in [0.1, 0.15) is 48.5 Å². The zero-order valence-corrected chi connectivity index (χ0v) is 16.7. The number of pyridine rings is 1. The van der Waals surface area contributed by atoms with Gasteiger partial charge >= 0.3 is 0 Å². The number of fused-ring (bicyclic) bond motifs is 4. The fourth-order valence-corrected chi connectivity index (χ4v) is 4.77. The van der Waals surface area contributed by atoms with Crippen molar-refractivity contribution in [2.75, 3.05) is 5.32 Å². The van der Waals surface area contributed by atoms with Crippen LogP contribution in [0.3, 0.4) is 0 Å². The Balaban J connectivity index is 1.65. The topological polar surface area (TPSA) is 62.0 Å². The fraction of sp³-hybridized carbons (Fsp3) is 0.280. The smallest absolute Gasteiger partial charge is 0.196 e. The summed E-state index contributed by atoms with van der Waals surface area (Å²) in [5.41, 5.74) is 3.68. The van der Waals surface area contributed by atoms with Gasteiger partial charge < -0.3 is 10.3 Å². The number of carbonyl (C=O) groups is 1. The Labute approximate surface area is 169 Å². The van der Waals surface area contributed by atoms with Gasteiger partial charge in [0.2, 0.25) is 0 Å². The highest BCUT2D eigenvalue weighted by atomic mass is 16.1. The maximum atomic E-state index is 13.2. The van der Waals surface area contributed by atoms with E-state index in [4.69, 9.17) is 0 Å². The lowest BCUT2D eigenvalue weighted by Crippen LogP contribution is -2.50. The number of benzene rings is 2. The van der Waals surface area contributed by atoms with Crippen molar-refractivity contribution in [3.63, 3.8) is 0 Å². The van der Waals surface area contributed by atoms with Crippen molar-refractivity contribution in [1.29, 1.82) is 0 Å². The molecule has 1 aromatic heterocycles. The Morgan fingerprint density at radius 3 is 2.59 bits per heavy atom. The summed E-state index contributed by atoms with van der Waals surface area (Å²) >= 11 is 0. The average Bonchev–Trinajstić information content (AvgIpc) is 2.74. The van der Waals surface area contributed by atoms with Crippen molar-refractivity contribution in [3.8, 4) is 0 Å². The predicted octanol–water partition coefficient (Wildman–Crippen LogP) is 3.30. The van der Waals surface area contributed by atoms with E-state index in [0.29, 0.717) is 16.5 Å². The Morgan fingerprint density at radius 1 is 1.00 bits per heavy atom. The van der Waals surface area contributed by atoms with E-state index in [1.807, 2.05) is 42.5 Å². The number of carbonyl (C=O) groups excluding carboxylic acids is 1. The number of hydrogen-bond donors (Lipinski definition) is 2. The van der Waals surface area contributed by atoms with E-state index in [2.05, 4.69) is 36.3 Å². The molecular weight excluding hydrogens is 360 g/mol. The predicted molar refractivity (Wildman–Crippen MR) is 118 cm³/mol. The van der Waals surface area contributed by atoms with Crippen molar-refractivity contribution in [2.24, 2.45) is 5.92 Å². The molecule has 3 aromatic rings. The van der Waals surface area contributed by atoms with Crippen LogP contribution in [0.5, 0.6) is 0 Å². The molecule has 4 heteroatoms. The first-order valence-corrected chi connectivity index (χ1v) is 10.4. The van der Waals surface area contributed by atoms with Gasteiger partial charge in [-0.1, -0.05) is 32.0 Å². The third-order valence-corrected chi connectivity index (χ3v) is 6.45. The number of nitrogens with one attached hydrogen (secondary N) is 2. The zero-order chi connectivity index (χ0) is 20.1. The standard InChI is InChI=1S/C25H24N2O2/c1-3-14(4-2)15-9-10-17-21(11-15)27-23-13-18-22(12-19(23)25(17)29)26-20-8-6-5-7-16(20)24(18)28/h5-14,19,23,26-27H,3-4H2,1-2H3. The Morgan fingerprint density at radius 2 is 1.79 bits per heavy atom. The van der Waals surface area contributed by atoms with Crippen LogP contribution < -0.4 is 21.3 Å². The molecule has 0 saturated carbocycles. The van der Waals surface area contributed by atoms with Crippen LogP contribution in [0.2, 0.25) is 0 Å². The molecule has 0 bridgehead atoms. The van der Waals surface area contributed by atoms with Crippen molar-refractivity contribution in [2.45, 2.75) is 38.6 Å². The van der Waals surface area contributed by atoms with Crippen molar-refractivity contribution in [1.82, 2.24) is 4.98 Å². The molecule has 2 atom stereocenters. The molecule has 2 heterocycles. The molecule has 29 heavy (non-hydrogen) atoms. The highest BCUT2D eigenvalue weighted by molar-refractivity contribution is 6.09. The van der Waals surface area contributed by atoms with E-state index < -0.39 is 0 Å². The molecule has 1 aliphatic heterocycles. The van der Waals surface area contributed by atoms with Crippen LogP contribution in [-0.4, -0.2) is 16.8 Å². The molecule has 2 N–H and O–H groups in total. The van der Waals surface area contributed by atoms with E-state index in [0.717, 1.165) is 35.0 Å². The molecule has 2 aliphatic rings. The summed E-state index contributed by atoms with van der Waals surface area (Å²) in [5, 5.41) is 5.58. The number of H-pyrrole nitrogens is 1. The SMILES string of the molecule is CCC(CC)c1ccc2c(c1)NC1C=c3c([nH]c4ccccc4c3=O)=CC1C2=O. The Bertz CT molecular complexity index is 1310. The van der Waals surface area contributed by atoms with Gasteiger partial charge in [0.05, 0.1) is 12.0 Å². The van der Waals surface area contributed by atoms with E-state index in [9.17, 15) is 9.59 Å². The molecule has 5 rings (SSSR count). The lowest BCUT2D eigenvalue weighted by atomic mass is 9.81. The minimum absolute atomic E-state index is 0.00915. The first kappa shape index (κ1) is 17.9. The number of rotatable bonds is 3. The summed E-state index contributed by atoms with van der Waals surface area (Å²) in [6, 6.07) is 13.5. The number of para-hydroxylation sites is 1. The number of aromatic nitrogens is 1. The molecule has 0 radical (unpaired) electrons. The average molecular weight is 384 g/mol. The van der Waals surface area contributed by atoms with E-state index in [1.54, 1.807) is 0 Å². The lowest BCUT2D eigenvalue weighted by molar-refractivity contribution is 0.0945. The summed E-state index contributed by atoms with van der Waals surface area (Å²) in [4.78, 5) is 29.6. The number of Topliss-reactive ketones (excluding diaryl/α,β-unsaturated/α-hetero) is 1. The molecule has 2 unspecified atom stereocenters. The number of aromatic amines is 1.